The van der Waals surface area contributed by atoms with Gasteiger partial charge in [-0.25, -0.2) is 4.98 Å². The van der Waals surface area contributed by atoms with Crippen molar-refractivity contribution in [2.75, 3.05) is 13.6 Å². The summed E-state index contributed by atoms with van der Waals surface area (Å²) in [4.78, 5) is 20.7. The molecule has 0 aromatic carbocycles. The fourth-order valence-corrected chi connectivity index (χ4v) is 4.24. The third kappa shape index (κ3) is 2.60. The van der Waals surface area contributed by atoms with Crippen LogP contribution in [0.25, 0.3) is 0 Å². The van der Waals surface area contributed by atoms with Gasteiger partial charge in [0.15, 0.2) is 0 Å². The molecule has 1 aliphatic carbocycles. The monoisotopic (exact) mass is 308 g/mol. The number of fused-ring (bicyclic) bond motifs is 1. The second kappa shape index (κ2) is 5.57. The first-order valence-corrected chi connectivity index (χ1v) is 8.23. The highest BCUT2D eigenvalue weighted by Crippen LogP contribution is 2.35. The van der Waals surface area contributed by atoms with Crippen molar-refractivity contribution in [2.45, 2.75) is 32.1 Å². The first-order valence-electron chi connectivity index (χ1n) is 6.64. The van der Waals surface area contributed by atoms with E-state index in [4.69, 9.17) is 0 Å². The molecule has 2 aromatic heterocycles. The lowest BCUT2D eigenvalue weighted by Gasteiger charge is -2.26. The molecule has 0 aliphatic heterocycles. The Kier molecular flexibility index (Phi) is 3.80. The maximum absolute atomic E-state index is 12.2. The number of rotatable bonds is 3. The van der Waals surface area contributed by atoms with Gasteiger partial charge in [0, 0.05) is 24.4 Å². The van der Waals surface area contributed by atoms with Crippen LogP contribution in [0.3, 0.4) is 0 Å². The van der Waals surface area contributed by atoms with Crippen molar-refractivity contribution >= 4 is 28.8 Å². The maximum Gasteiger partial charge on any atom is 0.266 e. The number of carbonyl (C=O) groups is 1. The van der Waals surface area contributed by atoms with Crippen LogP contribution in [0.1, 0.15) is 44.0 Å². The number of nitrogens with zero attached hydrogens (tertiary/aromatic N) is 4. The lowest BCUT2D eigenvalue weighted by atomic mass is 9.90. The molecule has 0 bridgehead atoms. The first-order chi connectivity index (χ1) is 9.65. The Bertz CT molecular complexity index is 608. The molecule has 0 saturated carbocycles. The largest absolute Gasteiger partial charge is 0.340 e. The Morgan fingerprint density at radius 2 is 2.40 bits per heavy atom. The summed E-state index contributed by atoms with van der Waals surface area (Å²) in [5.74, 6) is 0.359. The molecule has 0 saturated heterocycles. The Labute approximate surface area is 125 Å². The summed E-state index contributed by atoms with van der Waals surface area (Å²) in [6.45, 7) is 2.77. The molecule has 0 N–H and O–H groups in total. The molecule has 2 heterocycles. The summed E-state index contributed by atoms with van der Waals surface area (Å²) >= 11 is 2.94. The molecule has 0 spiro atoms. The van der Waals surface area contributed by atoms with Crippen LogP contribution in [-0.4, -0.2) is 39.0 Å². The minimum absolute atomic E-state index is 0.000856. The van der Waals surface area contributed by atoms with E-state index in [0.717, 1.165) is 29.4 Å². The van der Waals surface area contributed by atoms with Crippen LogP contribution in [0.15, 0.2) is 6.20 Å². The Balaban J connectivity index is 1.74. The molecule has 0 radical (unpaired) electrons. The molecule has 2 aromatic rings. The Morgan fingerprint density at radius 3 is 3.15 bits per heavy atom. The topological polar surface area (TPSA) is 59.0 Å². The fraction of sp³-hybridized carbons (Fsp3) is 0.538. The molecular formula is C13H16N4OS2. The Hall–Kier alpha value is -1.34. The summed E-state index contributed by atoms with van der Waals surface area (Å²) < 4.78 is 3.75. The fourth-order valence-electron chi connectivity index (χ4n) is 2.67. The van der Waals surface area contributed by atoms with Crippen LogP contribution >= 0.6 is 22.9 Å². The van der Waals surface area contributed by atoms with Crippen molar-refractivity contribution in [1.29, 1.82) is 0 Å². The summed E-state index contributed by atoms with van der Waals surface area (Å²) in [5, 5.41) is 4.85. The number of hydrogen-bond acceptors (Lipinski definition) is 6. The van der Waals surface area contributed by atoms with Gasteiger partial charge in [-0.1, -0.05) is 4.49 Å². The van der Waals surface area contributed by atoms with Crippen molar-refractivity contribution in [1.82, 2.24) is 19.5 Å². The van der Waals surface area contributed by atoms with Gasteiger partial charge < -0.3 is 4.90 Å². The van der Waals surface area contributed by atoms with E-state index in [1.54, 1.807) is 16.2 Å². The van der Waals surface area contributed by atoms with Gasteiger partial charge in [-0.05, 0) is 37.7 Å². The normalized spacial score (nSPS) is 17.8. The second-order valence-corrected chi connectivity index (χ2v) is 7.17. The molecule has 5 nitrogen and oxygen atoms in total. The highest BCUT2D eigenvalue weighted by atomic mass is 32.1. The highest BCUT2D eigenvalue weighted by Gasteiger charge is 2.27. The molecule has 3 rings (SSSR count). The average Bonchev–Trinajstić information content (AvgIpc) is 3.06. The molecule has 1 aliphatic rings. The van der Waals surface area contributed by atoms with E-state index in [1.165, 1.54) is 23.2 Å². The lowest BCUT2D eigenvalue weighted by Crippen LogP contribution is -2.31. The molecule has 106 valence electrons. The molecule has 0 unspecified atom stereocenters. The van der Waals surface area contributed by atoms with Gasteiger partial charge in [0.05, 0.1) is 16.9 Å². The molecule has 1 atom stereocenters. The quantitative estimate of drug-likeness (QED) is 0.874. The number of aryl methyl sites for hydroxylation is 2. The standard InChI is InChI=1S/C13H16N4OS2/c1-8-15-12-9(4-3-5-10(12)19-8)7-17(2)13(18)11-6-14-16-20-11/h6,9H,3-5,7H2,1-2H3/t9-/m1/s1. The zero-order valence-corrected chi connectivity index (χ0v) is 13.1. The Morgan fingerprint density at radius 1 is 1.55 bits per heavy atom. The zero-order valence-electron chi connectivity index (χ0n) is 11.5. The number of hydrogen-bond donors (Lipinski definition) is 0. The van der Waals surface area contributed by atoms with Crippen molar-refractivity contribution in [3.8, 4) is 0 Å². The molecule has 1 amide bonds. The van der Waals surface area contributed by atoms with E-state index < -0.39 is 0 Å². The van der Waals surface area contributed by atoms with Crippen molar-refractivity contribution in [2.24, 2.45) is 0 Å². The number of amides is 1. The predicted octanol–water partition coefficient (Wildman–Crippen LogP) is 2.50. The smallest absolute Gasteiger partial charge is 0.266 e. The summed E-state index contributed by atoms with van der Waals surface area (Å²) in [6.07, 6.45) is 4.95. The summed E-state index contributed by atoms with van der Waals surface area (Å²) in [7, 11) is 1.84. The van der Waals surface area contributed by atoms with Gasteiger partial charge in [-0.3, -0.25) is 4.79 Å². The minimum Gasteiger partial charge on any atom is -0.340 e. The van der Waals surface area contributed by atoms with Crippen LogP contribution in [0.5, 0.6) is 0 Å². The SMILES string of the molecule is Cc1nc2c(s1)CCC[C@@H]2CN(C)C(=O)c1cnns1. The maximum atomic E-state index is 12.2. The third-order valence-electron chi connectivity index (χ3n) is 3.59. The number of likely N-dealkylation sites (N-methyl/N-ethyl adjacent to an activating group) is 1. The number of thiazole rings is 1. The van der Waals surface area contributed by atoms with Crippen LogP contribution in [0, 0.1) is 6.92 Å². The van der Waals surface area contributed by atoms with Crippen LogP contribution in [-0.2, 0) is 6.42 Å². The van der Waals surface area contributed by atoms with E-state index >= 15 is 0 Å². The average molecular weight is 308 g/mol. The van der Waals surface area contributed by atoms with E-state index in [2.05, 4.69) is 21.5 Å². The summed E-state index contributed by atoms with van der Waals surface area (Å²) in [5.41, 5.74) is 1.21. The van der Waals surface area contributed by atoms with Crippen molar-refractivity contribution < 1.29 is 4.79 Å². The van der Waals surface area contributed by atoms with Gasteiger partial charge in [0.1, 0.15) is 4.88 Å². The lowest BCUT2D eigenvalue weighted by molar-refractivity contribution is 0.0787. The van der Waals surface area contributed by atoms with Crippen LogP contribution < -0.4 is 0 Å². The third-order valence-corrected chi connectivity index (χ3v) is 5.29. The van der Waals surface area contributed by atoms with Crippen molar-refractivity contribution in [3.05, 3.63) is 26.7 Å². The van der Waals surface area contributed by atoms with Crippen LogP contribution in [0.4, 0.5) is 0 Å². The molecular weight excluding hydrogens is 292 g/mol. The van der Waals surface area contributed by atoms with Gasteiger partial charge in [-0.2, -0.15) is 0 Å². The highest BCUT2D eigenvalue weighted by molar-refractivity contribution is 7.11. The molecule has 7 heteroatoms. The molecule has 20 heavy (non-hydrogen) atoms. The number of aromatic nitrogens is 3. The zero-order chi connectivity index (χ0) is 14.1. The predicted molar refractivity (Wildman–Crippen MR) is 79.4 cm³/mol. The van der Waals surface area contributed by atoms with Crippen molar-refractivity contribution in [3.63, 3.8) is 0 Å². The van der Waals surface area contributed by atoms with Gasteiger partial charge in [0.25, 0.3) is 5.91 Å². The van der Waals surface area contributed by atoms with Crippen LogP contribution in [0.2, 0.25) is 0 Å². The van der Waals surface area contributed by atoms with E-state index in [9.17, 15) is 4.79 Å². The second-order valence-electron chi connectivity index (χ2n) is 5.10. The van der Waals surface area contributed by atoms with Gasteiger partial charge in [-0.15, -0.1) is 16.4 Å². The van der Waals surface area contributed by atoms with E-state index in [-0.39, 0.29) is 5.91 Å². The van der Waals surface area contributed by atoms with E-state index in [1.807, 2.05) is 7.05 Å². The number of carbonyl (C=O) groups excluding carboxylic acids is 1. The molecule has 0 fully saturated rings. The van der Waals surface area contributed by atoms with Gasteiger partial charge in [0.2, 0.25) is 0 Å². The minimum atomic E-state index is -0.000856. The van der Waals surface area contributed by atoms with Gasteiger partial charge >= 0.3 is 0 Å². The summed E-state index contributed by atoms with van der Waals surface area (Å²) in [6, 6.07) is 0. The first kappa shape index (κ1) is 13.6. The van der Waals surface area contributed by atoms with E-state index in [0.29, 0.717) is 17.3 Å².